The lowest BCUT2D eigenvalue weighted by atomic mass is 10.4. The van der Waals surface area contributed by atoms with Crippen molar-refractivity contribution in [1.29, 1.82) is 0 Å². The molecule has 1 N–H and O–H groups in total. The number of sulfonamides is 1. The van der Waals surface area contributed by atoms with Gasteiger partial charge in [0, 0.05) is 17.6 Å². The van der Waals surface area contributed by atoms with Gasteiger partial charge >= 0.3 is 0 Å². The van der Waals surface area contributed by atoms with Gasteiger partial charge in [0.05, 0.1) is 11.4 Å². The van der Waals surface area contributed by atoms with Gasteiger partial charge in [-0.1, -0.05) is 22.0 Å². The highest BCUT2D eigenvalue weighted by Gasteiger charge is 2.23. The molecule has 0 aliphatic heterocycles. The van der Waals surface area contributed by atoms with Gasteiger partial charge in [-0.3, -0.25) is 4.79 Å². The van der Waals surface area contributed by atoms with Crippen LogP contribution in [-0.4, -0.2) is 38.3 Å². The predicted octanol–water partition coefficient (Wildman–Crippen LogP) is 1.59. The van der Waals surface area contributed by atoms with Crippen LogP contribution in [0, 0.1) is 0 Å². The minimum atomic E-state index is -3.65. The fourth-order valence-electron chi connectivity index (χ4n) is 1.46. The molecule has 0 spiro atoms. The Morgan fingerprint density at radius 3 is 2.58 bits per heavy atom. The summed E-state index contributed by atoms with van der Waals surface area (Å²) >= 11 is 3.23. The van der Waals surface area contributed by atoms with Crippen LogP contribution >= 0.6 is 15.9 Å². The predicted molar refractivity (Wildman–Crippen MR) is 77.2 cm³/mol. The Bertz CT molecular complexity index is 558. The van der Waals surface area contributed by atoms with Crippen molar-refractivity contribution in [3.05, 3.63) is 28.7 Å². The summed E-state index contributed by atoms with van der Waals surface area (Å²) in [6, 6.07) is 6.36. The van der Waals surface area contributed by atoms with Crippen molar-refractivity contribution in [2.24, 2.45) is 0 Å². The molecular formula is C12H17BrN2O3S. The second-order valence-electron chi connectivity index (χ2n) is 4.44. The molecule has 1 aromatic rings. The maximum Gasteiger partial charge on any atom is 0.243 e. The molecule has 0 bridgehead atoms. The first-order chi connectivity index (χ1) is 8.73. The van der Waals surface area contributed by atoms with Gasteiger partial charge in [0.2, 0.25) is 15.9 Å². The monoisotopic (exact) mass is 348 g/mol. The molecule has 7 heteroatoms. The average molecular weight is 349 g/mol. The second-order valence-corrected chi connectivity index (χ2v) is 7.40. The van der Waals surface area contributed by atoms with E-state index in [1.165, 1.54) is 19.2 Å². The molecule has 5 nitrogen and oxygen atoms in total. The van der Waals surface area contributed by atoms with Crippen molar-refractivity contribution >= 4 is 31.9 Å². The van der Waals surface area contributed by atoms with Gasteiger partial charge in [0.25, 0.3) is 0 Å². The van der Waals surface area contributed by atoms with E-state index in [0.717, 1.165) is 4.31 Å². The lowest BCUT2D eigenvalue weighted by molar-refractivity contribution is -0.121. The fraction of sp³-hybridized carbons (Fsp3) is 0.417. The molecular weight excluding hydrogens is 332 g/mol. The molecule has 0 saturated carbocycles. The maximum atomic E-state index is 12.2. The second kappa shape index (κ2) is 6.49. The largest absolute Gasteiger partial charge is 0.353 e. The van der Waals surface area contributed by atoms with E-state index in [1.54, 1.807) is 12.1 Å². The van der Waals surface area contributed by atoms with Gasteiger partial charge in [0.1, 0.15) is 0 Å². The molecule has 0 aliphatic rings. The highest BCUT2D eigenvalue weighted by molar-refractivity contribution is 9.10. The molecule has 0 heterocycles. The van der Waals surface area contributed by atoms with E-state index < -0.39 is 10.0 Å². The summed E-state index contributed by atoms with van der Waals surface area (Å²) in [6.45, 7) is 3.44. The normalized spacial score (nSPS) is 11.9. The standard InChI is InChI=1S/C12H17BrN2O3S/c1-9(2)14-12(16)8-15(3)19(17,18)11-6-4-5-10(13)7-11/h4-7,9H,8H2,1-3H3,(H,14,16). The molecule has 106 valence electrons. The Labute approximate surface area is 122 Å². The number of nitrogens with zero attached hydrogens (tertiary/aromatic N) is 1. The number of halogens is 1. The number of amides is 1. The van der Waals surface area contributed by atoms with E-state index in [2.05, 4.69) is 21.2 Å². The Balaban J connectivity index is 2.86. The topological polar surface area (TPSA) is 66.5 Å². The van der Waals surface area contributed by atoms with Gasteiger partial charge in [-0.25, -0.2) is 8.42 Å². The summed E-state index contributed by atoms with van der Waals surface area (Å²) in [5, 5.41) is 2.65. The third-order valence-electron chi connectivity index (χ3n) is 2.32. The smallest absolute Gasteiger partial charge is 0.243 e. The summed E-state index contributed by atoms with van der Waals surface area (Å²) in [5.74, 6) is -0.323. The highest BCUT2D eigenvalue weighted by Crippen LogP contribution is 2.18. The lowest BCUT2D eigenvalue weighted by Gasteiger charge is -2.18. The first-order valence-electron chi connectivity index (χ1n) is 5.74. The fourth-order valence-corrected chi connectivity index (χ4v) is 3.19. The number of benzene rings is 1. The number of carbonyl (C=O) groups is 1. The first-order valence-corrected chi connectivity index (χ1v) is 7.98. The van der Waals surface area contributed by atoms with Crippen LogP contribution in [0.2, 0.25) is 0 Å². The highest BCUT2D eigenvalue weighted by atomic mass is 79.9. The summed E-state index contributed by atoms with van der Waals surface area (Å²) in [4.78, 5) is 11.7. The minimum absolute atomic E-state index is 0.0190. The van der Waals surface area contributed by atoms with E-state index in [-0.39, 0.29) is 23.4 Å². The molecule has 0 atom stereocenters. The summed E-state index contributed by atoms with van der Waals surface area (Å²) in [6.07, 6.45) is 0. The average Bonchev–Trinajstić information content (AvgIpc) is 2.27. The van der Waals surface area contributed by atoms with E-state index in [9.17, 15) is 13.2 Å². The van der Waals surface area contributed by atoms with Crippen LogP contribution in [0.3, 0.4) is 0 Å². The Morgan fingerprint density at radius 2 is 2.05 bits per heavy atom. The third-order valence-corrected chi connectivity index (χ3v) is 4.61. The summed E-state index contributed by atoms with van der Waals surface area (Å²) < 4.78 is 26.2. The Hall–Kier alpha value is -0.920. The third kappa shape index (κ3) is 4.59. The van der Waals surface area contributed by atoms with Crippen LogP contribution in [0.25, 0.3) is 0 Å². The van der Waals surface area contributed by atoms with Crippen molar-refractivity contribution < 1.29 is 13.2 Å². The van der Waals surface area contributed by atoms with Gasteiger partial charge in [-0.15, -0.1) is 0 Å². The number of hydrogen-bond donors (Lipinski definition) is 1. The van der Waals surface area contributed by atoms with E-state index in [1.807, 2.05) is 13.8 Å². The molecule has 0 unspecified atom stereocenters. The van der Waals surface area contributed by atoms with Crippen molar-refractivity contribution in [3.63, 3.8) is 0 Å². The number of carbonyl (C=O) groups excluding carboxylic acids is 1. The number of likely N-dealkylation sites (N-methyl/N-ethyl adjacent to an activating group) is 1. The molecule has 0 saturated heterocycles. The molecule has 0 radical (unpaired) electrons. The van der Waals surface area contributed by atoms with Crippen molar-refractivity contribution in [1.82, 2.24) is 9.62 Å². The quantitative estimate of drug-likeness (QED) is 0.878. The zero-order valence-corrected chi connectivity index (χ0v) is 13.5. The van der Waals surface area contributed by atoms with Crippen LogP contribution in [-0.2, 0) is 14.8 Å². The van der Waals surface area contributed by atoms with Gasteiger partial charge in [0.15, 0.2) is 0 Å². The van der Waals surface area contributed by atoms with Gasteiger partial charge in [-0.05, 0) is 32.0 Å². The minimum Gasteiger partial charge on any atom is -0.353 e. The van der Waals surface area contributed by atoms with E-state index in [4.69, 9.17) is 0 Å². The summed E-state index contributed by atoms with van der Waals surface area (Å²) in [7, 11) is -2.26. The molecule has 1 rings (SSSR count). The van der Waals surface area contributed by atoms with Crippen LogP contribution in [0.15, 0.2) is 33.6 Å². The van der Waals surface area contributed by atoms with E-state index in [0.29, 0.717) is 4.47 Å². The maximum absolute atomic E-state index is 12.2. The molecule has 0 aliphatic carbocycles. The zero-order valence-electron chi connectivity index (χ0n) is 11.1. The van der Waals surface area contributed by atoms with Crippen LogP contribution in [0.5, 0.6) is 0 Å². The molecule has 1 aromatic carbocycles. The zero-order chi connectivity index (χ0) is 14.6. The van der Waals surface area contributed by atoms with Gasteiger partial charge < -0.3 is 5.32 Å². The van der Waals surface area contributed by atoms with Crippen LogP contribution in [0.1, 0.15) is 13.8 Å². The van der Waals surface area contributed by atoms with Crippen molar-refractivity contribution in [2.45, 2.75) is 24.8 Å². The van der Waals surface area contributed by atoms with Crippen LogP contribution < -0.4 is 5.32 Å². The Kier molecular flexibility index (Phi) is 5.51. The van der Waals surface area contributed by atoms with Crippen molar-refractivity contribution in [2.75, 3.05) is 13.6 Å². The van der Waals surface area contributed by atoms with Gasteiger partial charge in [-0.2, -0.15) is 4.31 Å². The van der Waals surface area contributed by atoms with E-state index >= 15 is 0 Å². The lowest BCUT2D eigenvalue weighted by Crippen LogP contribution is -2.40. The molecule has 1 amide bonds. The van der Waals surface area contributed by atoms with Crippen molar-refractivity contribution in [3.8, 4) is 0 Å². The number of nitrogens with one attached hydrogen (secondary N) is 1. The molecule has 0 aromatic heterocycles. The SMILES string of the molecule is CC(C)NC(=O)CN(C)S(=O)(=O)c1cccc(Br)c1. The van der Waals surface area contributed by atoms with Crippen LogP contribution in [0.4, 0.5) is 0 Å². The molecule has 0 fully saturated rings. The first kappa shape index (κ1) is 16.1. The Morgan fingerprint density at radius 1 is 1.42 bits per heavy atom. The summed E-state index contributed by atoms with van der Waals surface area (Å²) in [5.41, 5.74) is 0. The number of hydrogen-bond acceptors (Lipinski definition) is 3. The molecule has 19 heavy (non-hydrogen) atoms. The number of rotatable bonds is 5.